The first kappa shape index (κ1) is 17.0. The van der Waals surface area contributed by atoms with Crippen molar-refractivity contribution in [3.63, 3.8) is 0 Å². The van der Waals surface area contributed by atoms with Crippen LogP contribution in [0.2, 0.25) is 0 Å². The number of benzene rings is 1. The molecule has 1 aromatic carbocycles. The molecule has 1 N–H and O–H groups in total. The second kappa shape index (κ2) is 6.36. The van der Waals surface area contributed by atoms with E-state index >= 15 is 0 Å². The van der Waals surface area contributed by atoms with Crippen LogP contribution in [0.3, 0.4) is 0 Å². The van der Waals surface area contributed by atoms with Crippen LogP contribution in [0.15, 0.2) is 42.9 Å². The van der Waals surface area contributed by atoms with Gasteiger partial charge in [0.25, 0.3) is 0 Å². The van der Waals surface area contributed by atoms with E-state index in [1.807, 2.05) is 12.1 Å². The van der Waals surface area contributed by atoms with Crippen LogP contribution in [0.5, 0.6) is 11.8 Å². The smallest absolute Gasteiger partial charge is 0.421 e. The number of aromatic nitrogens is 3. The Morgan fingerprint density at radius 1 is 1.15 bits per heavy atom. The second-order valence-corrected chi connectivity index (χ2v) is 6.22. The van der Waals surface area contributed by atoms with Crippen LogP contribution in [0.25, 0.3) is 10.9 Å². The van der Waals surface area contributed by atoms with Crippen molar-refractivity contribution in [2.24, 2.45) is 0 Å². The third-order valence-electron chi connectivity index (χ3n) is 4.26. The fourth-order valence-corrected chi connectivity index (χ4v) is 2.86. The number of nitrogens with one attached hydrogen (secondary N) is 1. The molecule has 9 heteroatoms. The van der Waals surface area contributed by atoms with Crippen LogP contribution >= 0.6 is 0 Å². The van der Waals surface area contributed by atoms with Crippen LogP contribution in [0, 0.1) is 0 Å². The zero-order valence-electron chi connectivity index (χ0n) is 14.6. The van der Waals surface area contributed by atoms with Crippen LogP contribution in [-0.2, 0) is 25.5 Å². The SMILES string of the molecule is CN(C)C1(Cc2c[nH]c3ccc(Oc4ncccn4)cc23)OC(=O)C(=O)O1. The number of ether oxygens (including phenoxy) is 3. The Hall–Kier alpha value is -3.46. The van der Waals surface area contributed by atoms with Gasteiger partial charge in [0, 0.05) is 29.5 Å². The van der Waals surface area contributed by atoms with E-state index in [9.17, 15) is 9.59 Å². The van der Waals surface area contributed by atoms with Crippen molar-refractivity contribution in [1.82, 2.24) is 19.9 Å². The number of hydrogen-bond acceptors (Lipinski definition) is 8. The van der Waals surface area contributed by atoms with E-state index in [-0.39, 0.29) is 12.4 Å². The minimum atomic E-state index is -1.48. The fourth-order valence-electron chi connectivity index (χ4n) is 2.86. The molecule has 27 heavy (non-hydrogen) atoms. The summed E-state index contributed by atoms with van der Waals surface area (Å²) in [5.74, 6) is -2.95. The molecule has 1 fully saturated rings. The van der Waals surface area contributed by atoms with Crippen molar-refractivity contribution in [2.45, 2.75) is 12.3 Å². The minimum Gasteiger partial charge on any atom is -0.424 e. The first-order chi connectivity index (χ1) is 13.0. The summed E-state index contributed by atoms with van der Waals surface area (Å²) in [6.07, 6.45) is 5.11. The molecule has 0 radical (unpaired) electrons. The lowest BCUT2D eigenvalue weighted by atomic mass is 10.1. The maximum Gasteiger partial charge on any atom is 0.421 e. The van der Waals surface area contributed by atoms with Gasteiger partial charge >= 0.3 is 23.9 Å². The number of aromatic amines is 1. The molecule has 0 aliphatic carbocycles. The molecule has 0 saturated carbocycles. The molecule has 0 bridgehead atoms. The molecule has 0 unspecified atom stereocenters. The van der Waals surface area contributed by atoms with Crippen LogP contribution in [0.1, 0.15) is 5.56 Å². The number of nitrogens with zero attached hydrogens (tertiary/aromatic N) is 3. The number of likely N-dealkylation sites (N-methyl/N-ethyl adjacent to an activating group) is 1. The Kier molecular flexibility index (Phi) is 4.00. The first-order valence-corrected chi connectivity index (χ1v) is 8.15. The predicted molar refractivity (Wildman–Crippen MR) is 92.7 cm³/mol. The van der Waals surface area contributed by atoms with Crippen LogP contribution in [0.4, 0.5) is 0 Å². The van der Waals surface area contributed by atoms with Gasteiger partial charge in [0.1, 0.15) is 5.75 Å². The summed E-state index contributed by atoms with van der Waals surface area (Å²) in [5, 5.41) is 0.837. The largest absolute Gasteiger partial charge is 0.424 e. The lowest BCUT2D eigenvalue weighted by Crippen LogP contribution is -2.47. The summed E-state index contributed by atoms with van der Waals surface area (Å²) >= 11 is 0. The van der Waals surface area contributed by atoms with E-state index in [2.05, 4.69) is 15.0 Å². The number of carbonyl (C=O) groups is 2. The Morgan fingerprint density at radius 2 is 1.85 bits per heavy atom. The highest BCUT2D eigenvalue weighted by Crippen LogP contribution is 2.32. The van der Waals surface area contributed by atoms with Gasteiger partial charge in [-0.2, -0.15) is 0 Å². The number of rotatable bonds is 5. The molecule has 3 heterocycles. The highest BCUT2D eigenvalue weighted by molar-refractivity contribution is 6.31. The Labute approximate surface area is 153 Å². The average molecular weight is 368 g/mol. The quantitative estimate of drug-likeness (QED) is 0.535. The van der Waals surface area contributed by atoms with Crippen LogP contribution < -0.4 is 4.74 Å². The van der Waals surface area contributed by atoms with Crippen molar-refractivity contribution in [3.05, 3.63) is 48.4 Å². The van der Waals surface area contributed by atoms with E-state index in [1.54, 1.807) is 49.7 Å². The normalized spacial score (nSPS) is 15.8. The fraction of sp³-hybridized carbons (Fsp3) is 0.222. The van der Waals surface area contributed by atoms with Gasteiger partial charge in [0.05, 0.1) is 6.42 Å². The number of fused-ring (bicyclic) bond motifs is 1. The lowest BCUT2D eigenvalue weighted by molar-refractivity contribution is -0.236. The van der Waals surface area contributed by atoms with E-state index < -0.39 is 17.8 Å². The highest BCUT2D eigenvalue weighted by Gasteiger charge is 2.51. The standard InChI is InChI=1S/C18H16N4O5/c1-22(2)18(26-15(23)16(24)27-18)9-11-10-21-14-5-4-12(8-13(11)14)25-17-19-6-3-7-20-17/h3-8,10,21H,9H2,1-2H3. The molecule has 1 aliphatic rings. The summed E-state index contributed by atoms with van der Waals surface area (Å²) in [7, 11) is 3.34. The van der Waals surface area contributed by atoms with Crippen molar-refractivity contribution in [3.8, 4) is 11.8 Å². The number of cyclic esters (lactones) is 2. The number of esters is 2. The van der Waals surface area contributed by atoms with Gasteiger partial charge in [0.2, 0.25) is 0 Å². The molecule has 4 rings (SSSR count). The van der Waals surface area contributed by atoms with Gasteiger partial charge in [-0.25, -0.2) is 24.5 Å². The molecule has 0 atom stereocenters. The molecule has 3 aromatic rings. The van der Waals surface area contributed by atoms with E-state index in [1.165, 1.54) is 0 Å². The lowest BCUT2D eigenvalue weighted by Gasteiger charge is -2.31. The van der Waals surface area contributed by atoms with Crippen molar-refractivity contribution < 1.29 is 23.8 Å². The molecule has 138 valence electrons. The summed E-state index contributed by atoms with van der Waals surface area (Å²) in [6.45, 7) is 0. The molecule has 2 aromatic heterocycles. The highest BCUT2D eigenvalue weighted by atomic mass is 16.8. The van der Waals surface area contributed by atoms with Crippen molar-refractivity contribution in [1.29, 1.82) is 0 Å². The Balaban J connectivity index is 1.67. The summed E-state index contributed by atoms with van der Waals surface area (Å²) in [6, 6.07) is 7.39. The van der Waals surface area contributed by atoms with Gasteiger partial charge in [-0.3, -0.25) is 0 Å². The van der Waals surface area contributed by atoms with E-state index in [4.69, 9.17) is 14.2 Å². The van der Waals surface area contributed by atoms with Gasteiger partial charge in [-0.1, -0.05) is 0 Å². The molecular formula is C18H16N4O5. The molecule has 0 amide bonds. The second-order valence-electron chi connectivity index (χ2n) is 6.22. The summed E-state index contributed by atoms with van der Waals surface area (Å²) < 4.78 is 16.1. The van der Waals surface area contributed by atoms with E-state index in [0.717, 1.165) is 16.5 Å². The number of hydrogen-bond donors (Lipinski definition) is 1. The van der Waals surface area contributed by atoms with Crippen LogP contribution in [-0.4, -0.2) is 51.8 Å². The molecule has 0 spiro atoms. The summed E-state index contributed by atoms with van der Waals surface area (Å²) in [4.78, 5) is 35.9. The Bertz CT molecular complexity index is 999. The topological polar surface area (TPSA) is 107 Å². The maximum atomic E-state index is 11.6. The van der Waals surface area contributed by atoms with Crippen molar-refractivity contribution in [2.75, 3.05) is 14.1 Å². The average Bonchev–Trinajstić information content (AvgIpc) is 3.17. The first-order valence-electron chi connectivity index (χ1n) is 8.15. The van der Waals surface area contributed by atoms with Gasteiger partial charge in [-0.05, 0) is 43.9 Å². The minimum absolute atomic E-state index is 0.156. The molecule has 1 saturated heterocycles. The molecule has 1 aliphatic heterocycles. The monoisotopic (exact) mass is 368 g/mol. The molecule has 9 nitrogen and oxygen atoms in total. The molecular weight excluding hydrogens is 352 g/mol. The van der Waals surface area contributed by atoms with Gasteiger partial charge in [-0.15, -0.1) is 0 Å². The third kappa shape index (κ3) is 3.08. The Morgan fingerprint density at radius 3 is 2.52 bits per heavy atom. The zero-order valence-corrected chi connectivity index (χ0v) is 14.6. The summed E-state index contributed by atoms with van der Waals surface area (Å²) in [5.41, 5.74) is 1.65. The zero-order chi connectivity index (χ0) is 19.0. The van der Waals surface area contributed by atoms with Gasteiger partial charge in [0.15, 0.2) is 0 Å². The third-order valence-corrected chi connectivity index (χ3v) is 4.26. The predicted octanol–water partition coefficient (Wildman–Crippen LogP) is 1.61. The number of carbonyl (C=O) groups excluding carboxylic acids is 2. The van der Waals surface area contributed by atoms with Crippen molar-refractivity contribution >= 4 is 22.8 Å². The van der Waals surface area contributed by atoms with E-state index in [0.29, 0.717) is 5.75 Å². The van der Waals surface area contributed by atoms with Gasteiger partial charge < -0.3 is 19.2 Å². The maximum absolute atomic E-state index is 11.6. The number of H-pyrrole nitrogens is 1.